The topological polar surface area (TPSA) is 74.6 Å². The number of rotatable bonds is 4. The molecule has 2 aromatic rings. The van der Waals surface area contributed by atoms with Gasteiger partial charge in [0.05, 0.1) is 6.26 Å². The molecule has 2 rings (SSSR count). The van der Waals surface area contributed by atoms with Gasteiger partial charge in [0.25, 0.3) is 0 Å². The highest BCUT2D eigenvalue weighted by Crippen LogP contribution is 2.16. The summed E-state index contributed by atoms with van der Waals surface area (Å²) in [4.78, 5) is 24.6. The molecule has 2 N–H and O–H groups in total. The molecule has 124 valence electrons. The molecule has 24 heavy (non-hydrogen) atoms. The van der Waals surface area contributed by atoms with Crippen LogP contribution >= 0.6 is 12.2 Å². The molecule has 1 aromatic heterocycles. The molecule has 1 heterocycles. The van der Waals surface area contributed by atoms with Crippen molar-refractivity contribution < 1.29 is 14.0 Å². The number of benzene rings is 1. The normalized spacial score (nSPS) is 10.4. The quantitative estimate of drug-likeness (QED) is 0.660. The van der Waals surface area contributed by atoms with E-state index in [1.807, 2.05) is 0 Å². The summed E-state index contributed by atoms with van der Waals surface area (Å²) in [7, 11) is 1.70. The predicted octanol–water partition coefficient (Wildman–Crippen LogP) is 2.79. The van der Waals surface area contributed by atoms with Crippen molar-refractivity contribution in [2.45, 2.75) is 6.92 Å². The van der Waals surface area contributed by atoms with Crippen molar-refractivity contribution >= 4 is 46.6 Å². The molecule has 0 aliphatic carbocycles. The van der Waals surface area contributed by atoms with E-state index in [0.717, 1.165) is 5.69 Å². The van der Waals surface area contributed by atoms with Gasteiger partial charge < -0.3 is 14.6 Å². The average Bonchev–Trinajstić information content (AvgIpc) is 3.06. The van der Waals surface area contributed by atoms with Crippen molar-refractivity contribution in [2.24, 2.45) is 0 Å². The zero-order valence-corrected chi connectivity index (χ0v) is 14.1. The fraction of sp³-hybridized carbons (Fsp3) is 0.118. The number of hydrogen-bond acceptors (Lipinski definition) is 4. The molecule has 0 saturated heterocycles. The van der Waals surface area contributed by atoms with Crippen LogP contribution in [0.5, 0.6) is 0 Å². The van der Waals surface area contributed by atoms with E-state index in [2.05, 4.69) is 10.6 Å². The van der Waals surface area contributed by atoms with Gasteiger partial charge in [-0.1, -0.05) is 0 Å². The molecule has 0 bridgehead atoms. The van der Waals surface area contributed by atoms with E-state index < -0.39 is 0 Å². The summed E-state index contributed by atoms with van der Waals surface area (Å²) in [5, 5.41) is 5.61. The molecule has 1 aromatic carbocycles. The summed E-state index contributed by atoms with van der Waals surface area (Å²) >= 11 is 5.09. The lowest BCUT2D eigenvalue weighted by Gasteiger charge is -2.15. The maximum atomic E-state index is 11.7. The van der Waals surface area contributed by atoms with Gasteiger partial charge in [-0.05, 0) is 54.7 Å². The summed E-state index contributed by atoms with van der Waals surface area (Å²) in [5.74, 6) is 0.160. The molecule has 0 saturated carbocycles. The molecule has 6 nitrogen and oxygen atoms in total. The van der Waals surface area contributed by atoms with Crippen molar-refractivity contribution in [2.75, 3.05) is 17.3 Å². The Bertz CT molecular complexity index is 752. The lowest BCUT2D eigenvalue weighted by Crippen LogP contribution is -2.32. The zero-order valence-electron chi connectivity index (χ0n) is 13.3. The first-order chi connectivity index (χ1) is 11.5. The fourth-order valence-electron chi connectivity index (χ4n) is 1.81. The molecule has 2 amide bonds. The first kappa shape index (κ1) is 17.4. The average molecular weight is 343 g/mol. The Hall–Kier alpha value is -2.93. The van der Waals surface area contributed by atoms with E-state index in [9.17, 15) is 9.59 Å². The SMILES string of the molecule is CC(=O)N(C)c1ccc(NC(=S)NC(=O)C=Cc2ccco2)cc1. The number of furan rings is 1. The smallest absolute Gasteiger partial charge is 0.250 e. The van der Waals surface area contributed by atoms with Gasteiger partial charge in [-0.2, -0.15) is 0 Å². The van der Waals surface area contributed by atoms with E-state index >= 15 is 0 Å². The van der Waals surface area contributed by atoms with E-state index in [1.54, 1.807) is 49.5 Å². The van der Waals surface area contributed by atoms with Crippen LogP contribution in [0.1, 0.15) is 12.7 Å². The third-order valence-corrected chi connectivity index (χ3v) is 3.37. The number of nitrogens with zero attached hydrogens (tertiary/aromatic N) is 1. The van der Waals surface area contributed by atoms with Crippen LogP contribution in [-0.2, 0) is 9.59 Å². The molecule has 0 atom stereocenters. The Kier molecular flexibility index (Phi) is 5.86. The Morgan fingerprint density at radius 2 is 1.92 bits per heavy atom. The zero-order chi connectivity index (χ0) is 17.5. The summed E-state index contributed by atoms with van der Waals surface area (Å²) < 4.78 is 5.09. The minimum absolute atomic E-state index is 0.0539. The van der Waals surface area contributed by atoms with Crippen LogP contribution in [-0.4, -0.2) is 24.0 Å². The first-order valence-corrected chi connectivity index (χ1v) is 7.54. The number of anilines is 2. The summed E-state index contributed by atoms with van der Waals surface area (Å²) in [6, 6.07) is 10.6. The second-order valence-electron chi connectivity index (χ2n) is 4.92. The Morgan fingerprint density at radius 3 is 2.50 bits per heavy atom. The number of carbonyl (C=O) groups is 2. The predicted molar refractivity (Wildman–Crippen MR) is 97.6 cm³/mol. The van der Waals surface area contributed by atoms with Gasteiger partial charge >= 0.3 is 0 Å². The Morgan fingerprint density at radius 1 is 1.21 bits per heavy atom. The molecule has 0 spiro atoms. The molecule has 7 heteroatoms. The number of thiocarbonyl (C=S) groups is 1. The highest BCUT2D eigenvalue weighted by Gasteiger charge is 2.06. The van der Waals surface area contributed by atoms with Crippen molar-refractivity contribution in [3.63, 3.8) is 0 Å². The third-order valence-electron chi connectivity index (χ3n) is 3.16. The van der Waals surface area contributed by atoms with Crippen LogP contribution in [0.15, 0.2) is 53.2 Å². The molecular weight excluding hydrogens is 326 g/mol. The van der Waals surface area contributed by atoms with Crippen LogP contribution < -0.4 is 15.5 Å². The van der Waals surface area contributed by atoms with Crippen molar-refractivity contribution in [1.29, 1.82) is 0 Å². The van der Waals surface area contributed by atoms with Gasteiger partial charge in [-0.25, -0.2) is 0 Å². The molecule has 0 fully saturated rings. The van der Waals surface area contributed by atoms with Gasteiger partial charge in [0, 0.05) is 31.4 Å². The van der Waals surface area contributed by atoms with E-state index in [-0.39, 0.29) is 16.9 Å². The summed E-state index contributed by atoms with van der Waals surface area (Å²) in [6.45, 7) is 1.49. The minimum atomic E-state index is -0.364. The van der Waals surface area contributed by atoms with Crippen LogP contribution in [0.4, 0.5) is 11.4 Å². The number of hydrogen-bond donors (Lipinski definition) is 2. The molecule has 0 unspecified atom stereocenters. The second kappa shape index (κ2) is 8.07. The molecular formula is C17H17N3O3S. The summed E-state index contributed by atoms with van der Waals surface area (Å²) in [5.41, 5.74) is 1.47. The number of nitrogens with one attached hydrogen (secondary N) is 2. The largest absolute Gasteiger partial charge is 0.465 e. The third kappa shape index (κ3) is 5.06. The first-order valence-electron chi connectivity index (χ1n) is 7.13. The molecule has 0 aliphatic rings. The van der Waals surface area contributed by atoms with Crippen molar-refractivity contribution in [3.8, 4) is 0 Å². The van der Waals surface area contributed by atoms with Gasteiger partial charge in [0.15, 0.2) is 5.11 Å². The van der Waals surface area contributed by atoms with Crippen molar-refractivity contribution in [1.82, 2.24) is 5.32 Å². The maximum absolute atomic E-state index is 11.7. The van der Waals surface area contributed by atoms with Gasteiger partial charge in [-0.3, -0.25) is 14.9 Å². The number of amides is 2. The van der Waals surface area contributed by atoms with Crippen LogP contribution in [0.25, 0.3) is 6.08 Å². The van der Waals surface area contributed by atoms with E-state index in [1.165, 1.54) is 24.2 Å². The van der Waals surface area contributed by atoms with Gasteiger partial charge in [0.1, 0.15) is 5.76 Å². The van der Waals surface area contributed by atoms with Crippen LogP contribution in [0.2, 0.25) is 0 Å². The second-order valence-corrected chi connectivity index (χ2v) is 5.33. The summed E-state index contributed by atoms with van der Waals surface area (Å²) in [6.07, 6.45) is 4.40. The van der Waals surface area contributed by atoms with Gasteiger partial charge in [-0.15, -0.1) is 0 Å². The van der Waals surface area contributed by atoms with Crippen molar-refractivity contribution in [3.05, 3.63) is 54.5 Å². The maximum Gasteiger partial charge on any atom is 0.250 e. The lowest BCUT2D eigenvalue weighted by molar-refractivity contribution is -0.116. The Labute approximate surface area is 145 Å². The monoisotopic (exact) mass is 343 g/mol. The Balaban J connectivity index is 1.88. The van der Waals surface area contributed by atoms with Gasteiger partial charge in [0.2, 0.25) is 11.8 Å². The molecule has 0 radical (unpaired) electrons. The van der Waals surface area contributed by atoms with E-state index in [4.69, 9.17) is 16.6 Å². The molecule has 0 aliphatic heterocycles. The van der Waals surface area contributed by atoms with Crippen LogP contribution in [0.3, 0.4) is 0 Å². The standard InChI is InChI=1S/C17H17N3O3S/c1-12(21)20(2)14-7-5-13(6-8-14)18-17(24)19-16(22)10-9-15-4-3-11-23-15/h3-11H,1-2H3,(H2,18,19,22,24). The lowest BCUT2D eigenvalue weighted by atomic mass is 10.2. The van der Waals surface area contributed by atoms with Crippen LogP contribution in [0, 0.1) is 0 Å². The van der Waals surface area contributed by atoms with E-state index in [0.29, 0.717) is 11.4 Å². The highest BCUT2D eigenvalue weighted by molar-refractivity contribution is 7.80. The fourth-order valence-corrected chi connectivity index (χ4v) is 2.03. The number of carbonyl (C=O) groups excluding carboxylic acids is 2. The minimum Gasteiger partial charge on any atom is -0.465 e. The highest BCUT2D eigenvalue weighted by atomic mass is 32.1.